The smallest absolute Gasteiger partial charge is 0.164 e. The molecule has 0 saturated carbocycles. The van der Waals surface area contributed by atoms with Crippen molar-refractivity contribution in [3.05, 3.63) is 89.5 Å². The molecule has 0 amide bonds. The quantitative estimate of drug-likeness (QED) is 0.358. The topological polar surface area (TPSA) is 57.9 Å². The number of nitrogens with zero attached hydrogens (tertiary/aromatic N) is 3. The highest BCUT2D eigenvalue weighted by molar-refractivity contribution is 8.13. The summed E-state index contributed by atoms with van der Waals surface area (Å²) in [5.74, 6) is 1.65. The zero-order valence-electron chi connectivity index (χ0n) is 17.9. The molecule has 0 saturated heterocycles. The van der Waals surface area contributed by atoms with E-state index in [1.165, 1.54) is 0 Å². The Morgan fingerprint density at radius 3 is 1.84 bits per heavy atom. The predicted molar refractivity (Wildman–Crippen MR) is 127 cm³/mol. The van der Waals surface area contributed by atoms with Crippen LogP contribution in [0.4, 0.5) is 5.69 Å². The number of para-hydroxylation sites is 1. The fraction of sp³-hybridized carbons (Fsp3) is 0.200. The first-order valence-electron chi connectivity index (χ1n) is 9.79. The van der Waals surface area contributed by atoms with E-state index in [4.69, 9.17) is 14.5 Å². The van der Waals surface area contributed by atoms with E-state index in [2.05, 4.69) is 35.2 Å². The molecule has 3 aromatic rings. The van der Waals surface area contributed by atoms with Crippen molar-refractivity contribution in [2.45, 2.75) is 13.1 Å². The second kappa shape index (κ2) is 11.1. The van der Waals surface area contributed by atoms with Gasteiger partial charge in [0.1, 0.15) is 17.6 Å². The van der Waals surface area contributed by atoms with Crippen molar-refractivity contribution in [2.75, 3.05) is 20.5 Å². The molecular weight excluding hydrogens is 406 g/mol. The average molecular weight is 432 g/mol. The molecule has 0 spiro atoms. The lowest BCUT2D eigenvalue weighted by molar-refractivity contribution is 0.405. The molecule has 6 heteroatoms. The number of aliphatic imine (C=N–C) groups is 1. The minimum atomic E-state index is 0.558. The number of hydrogen-bond donors (Lipinski definition) is 0. The van der Waals surface area contributed by atoms with E-state index in [-0.39, 0.29) is 0 Å². The lowest BCUT2D eigenvalue weighted by Crippen LogP contribution is -2.27. The molecule has 0 aromatic heterocycles. The van der Waals surface area contributed by atoms with Crippen LogP contribution in [0.2, 0.25) is 0 Å². The van der Waals surface area contributed by atoms with Crippen LogP contribution in [0.3, 0.4) is 0 Å². The summed E-state index contributed by atoms with van der Waals surface area (Å²) in [4.78, 5) is 7.05. The van der Waals surface area contributed by atoms with Crippen molar-refractivity contribution in [1.29, 1.82) is 5.26 Å². The summed E-state index contributed by atoms with van der Waals surface area (Å²) in [6.07, 6.45) is 2.00. The van der Waals surface area contributed by atoms with Gasteiger partial charge in [-0.2, -0.15) is 5.26 Å². The summed E-state index contributed by atoms with van der Waals surface area (Å²) in [5, 5.41) is 10.3. The molecule has 0 bridgehead atoms. The zero-order valence-corrected chi connectivity index (χ0v) is 18.7. The van der Waals surface area contributed by atoms with Crippen molar-refractivity contribution in [2.24, 2.45) is 4.99 Å². The van der Waals surface area contributed by atoms with Gasteiger partial charge in [-0.1, -0.05) is 48.2 Å². The van der Waals surface area contributed by atoms with Crippen molar-refractivity contribution < 1.29 is 9.47 Å². The Morgan fingerprint density at radius 1 is 0.871 bits per heavy atom. The fourth-order valence-corrected chi connectivity index (χ4v) is 3.68. The minimum absolute atomic E-state index is 0.558. The van der Waals surface area contributed by atoms with Gasteiger partial charge >= 0.3 is 0 Å². The van der Waals surface area contributed by atoms with Crippen LogP contribution >= 0.6 is 11.8 Å². The van der Waals surface area contributed by atoms with Gasteiger partial charge in [0.05, 0.1) is 25.5 Å². The molecule has 5 nitrogen and oxygen atoms in total. The molecule has 3 rings (SSSR count). The van der Waals surface area contributed by atoms with Crippen LogP contribution in [0.5, 0.6) is 11.5 Å². The minimum Gasteiger partial charge on any atom is -0.497 e. The van der Waals surface area contributed by atoms with Gasteiger partial charge in [-0.05, 0) is 53.8 Å². The highest BCUT2D eigenvalue weighted by Crippen LogP contribution is 2.24. The third kappa shape index (κ3) is 6.03. The van der Waals surface area contributed by atoms with E-state index in [9.17, 15) is 5.26 Å². The van der Waals surface area contributed by atoms with E-state index >= 15 is 0 Å². The maximum absolute atomic E-state index is 9.45. The van der Waals surface area contributed by atoms with Crippen LogP contribution in [0, 0.1) is 11.3 Å². The number of rotatable bonds is 7. The monoisotopic (exact) mass is 431 g/mol. The van der Waals surface area contributed by atoms with Crippen LogP contribution in [0.15, 0.2) is 77.8 Å². The van der Waals surface area contributed by atoms with Gasteiger partial charge in [-0.3, -0.25) is 0 Å². The first-order chi connectivity index (χ1) is 15.2. The van der Waals surface area contributed by atoms with Gasteiger partial charge in [0.15, 0.2) is 5.17 Å². The van der Waals surface area contributed by atoms with Crippen molar-refractivity contribution >= 4 is 22.6 Å². The first kappa shape index (κ1) is 22.3. The van der Waals surface area contributed by atoms with Gasteiger partial charge < -0.3 is 14.4 Å². The summed E-state index contributed by atoms with van der Waals surface area (Å²) in [6, 6.07) is 25.7. The SMILES string of the molecule is COc1ccc(CN(Cc2ccc(OC)cc2)C(=Nc2ccccc2C#N)SC)cc1. The lowest BCUT2D eigenvalue weighted by Gasteiger charge is -2.26. The van der Waals surface area contributed by atoms with Gasteiger partial charge in [0, 0.05) is 13.1 Å². The molecule has 0 heterocycles. The number of nitriles is 1. The molecule has 0 fully saturated rings. The van der Waals surface area contributed by atoms with E-state index in [0.29, 0.717) is 24.3 Å². The molecule has 0 atom stereocenters. The maximum atomic E-state index is 9.45. The normalized spacial score (nSPS) is 11.0. The summed E-state index contributed by atoms with van der Waals surface area (Å²) in [7, 11) is 3.33. The molecule has 31 heavy (non-hydrogen) atoms. The molecular formula is C25H25N3O2S. The Labute approximate surface area is 187 Å². The maximum Gasteiger partial charge on any atom is 0.164 e. The number of benzene rings is 3. The molecule has 0 aliphatic heterocycles. The molecule has 3 aromatic carbocycles. The standard InChI is InChI=1S/C25H25N3O2S/c1-29-22-12-8-19(9-13-22)17-28(18-20-10-14-23(30-2)15-11-20)25(31-3)27-24-7-5-4-6-21(24)16-26/h4-15H,17-18H2,1-3H3. The summed E-state index contributed by atoms with van der Waals surface area (Å²) < 4.78 is 10.6. The molecule has 0 N–H and O–H groups in total. The van der Waals surface area contributed by atoms with Gasteiger partial charge in [-0.15, -0.1) is 0 Å². The molecule has 0 unspecified atom stereocenters. The summed E-state index contributed by atoms with van der Waals surface area (Å²) >= 11 is 1.56. The van der Waals surface area contributed by atoms with E-state index < -0.39 is 0 Å². The average Bonchev–Trinajstić information content (AvgIpc) is 2.83. The Hall–Kier alpha value is -3.43. The zero-order chi connectivity index (χ0) is 22.1. The Balaban J connectivity index is 1.95. The third-order valence-corrected chi connectivity index (χ3v) is 5.47. The summed E-state index contributed by atoms with van der Waals surface area (Å²) in [6.45, 7) is 1.34. The predicted octanol–water partition coefficient (Wildman–Crippen LogP) is 5.63. The molecule has 0 radical (unpaired) electrons. The van der Waals surface area contributed by atoms with E-state index in [1.54, 1.807) is 32.0 Å². The van der Waals surface area contributed by atoms with Crippen LogP contribution in [-0.4, -0.2) is 30.5 Å². The summed E-state index contributed by atoms with van der Waals surface area (Å²) in [5.41, 5.74) is 3.51. The van der Waals surface area contributed by atoms with Crippen molar-refractivity contribution in [3.63, 3.8) is 0 Å². The van der Waals surface area contributed by atoms with Crippen LogP contribution in [-0.2, 0) is 13.1 Å². The van der Waals surface area contributed by atoms with Crippen LogP contribution in [0.25, 0.3) is 0 Å². The van der Waals surface area contributed by atoms with Crippen molar-refractivity contribution in [1.82, 2.24) is 4.90 Å². The number of hydrogen-bond acceptors (Lipinski definition) is 5. The lowest BCUT2D eigenvalue weighted by atomic mass is 10.1. The highest BCUT2D eigenvalue weighted by atomic mass is 32.2. The molecule has 0 aliphatic rings. The van der Waals surface area contributed by atoms with Gasteiger partial charge in [0.25, 0.3) is 0 Å². The van der Waals surface area contributed by atoms with E-state index in [1.807, 2.05) is 48.7 Å². The van der Waals surface area contributed by atoms with Crippen LogP contribution < -0.4 is 9.47 Å². The largest absolute Gasteiger partial charge is 0.497 e. The third-order valence-electron chi connectivity index (χ3n) is 4.76. The number of ether oxygens (including phenoxy) is 2. The Morgan fingerprint density at radius 2 is 1.39 bits per heavy atom. The van der Waals surface area contributed by atoms with E-state index in [0.717, 1.165) is 27.8 Å². The first-order valence-corrected chi connectivity index (χ1v) is 11.0. The fourth-order valence-electron chi connectivity index (χ4n) is 3.11. The second-order valence-corrected chi connectivity index (χ2v) is 7.55. The van der Waals surface area contributed by atoms with Crippen LogP contribution in [0.1, 0.15) is 16.7 Å². The molecule has 0 aliphatic carbocycles. The number of amidine groups is 1. The highest BCUT2D eigenvalue weighted by Gasteiger charge is 2.14. The Bertz CT molecular complexity index is 1010. The van der Waals surface area contributed by atoms with Crippen molar-refractivity contribution in [3.8, 4) is 17.6 Å². The number of thioether (sulfide) groups is 1. The van der Waals surface area contributed by atoms with Gasteiger partial charge in [0.2, 0.25) is 0 Å². The van der Waals surface area contributed by atoms with Gasteiger partial charge in [-0.25, -0.2) is 4.99 Å². The number of methoxy groups -OCH3 is 2. The second-order valence-electron chi connectivity index (χ2n) is 6.78. The molecule has 158 valence electrons. The Kier molecular flexibility index (Phi) is 7.97.